The van der Waals surface area contributed by atoms with Gasteiger partial charge in [0.2, 0.25) is 0 Å². The van der Waals surface area contributed by atoms with Crippen LogP contribution in [0.4, 0.5) is 0 Å². The van der Waals surface area contributed by atoms with Crippen LogP contribution in [0.25, 0.3) is 44.7 Å². The van der Waals surface area contributed by atoms with Crippen molar-refractivity contribution in [2.75, 3.05) is 0 Å². The van der Waals surface area contributed by atoms with E-state index in [4.69, 9.17) is 11.6 Å². The second-order valence-corrected chi connectivity index (χ2v) is 7.23. The first-order valence-corrected chi connectivity index (χ1v) is 9.34. The molecule has 0 atom stereocenters. The zero-order valence-corrected chi connectivity index (χ0v) is 15.6. The third-order valence-corrected chi connectivity index (χ3v) is 5.78. The van der Waals surface area contributed by atoms with E-state index in [9.17, 15) is 0 Å². The summed E-state index contributed by atoms with van der Waals surface area (Å²) in [7, 11) is 0. The molecule has 0 spiro atoms. The second-order valence-electron chi connectivity index (χ2n) is 6.82. The van der Waals surface area contributed by atoms with Gasteiger partial charge in [-0.25, -0.2) is 0 Å². The largest absolute Gasteiger partial charge is 0.0984 e. The van der Waals surface area contributed by atoms with Crippen molar-refractivity contribution in [1.29, 1.82) is 0 Å². The van der Waals surface area contributed by atoms with Gasteiger partial charge in [-0.2, -0.15) is 0 Å². The van der Waals surface area contributed by atoms with E-state index >= 15 is 0 Å². The molecule has 0 aliphatic heterocycles. The first-order valence-electron chi connectivity index (χ1n) is 8.97. The molecule has 0 amide bonds. The van der Waals surface area contributed by atoms with Crippen LogP contribution in [0.3, 0.4) is 0 Å². The number of halogens is 1. The van der Waals surface area contributed by atoms with Crippen LogP contribution in [0.5, 0.6) is 0 Å². The van der Waals surface area contributed by atoms with Gasteiger partial charge < -0.3 is 0 Å². The van der Waals surface area contributed by atoms with Crippen LogP contribution in [0.15, 0.2) is 86.0 Å². The number of benzene rings is 4. The Bertz CT molecular complexity index is 1260. The van der Waals surface area contributed by atoms with Crippen LogP contribution in [0.1, 0.15) is 16.7 Å². The predicted octanol–water partition coefficient (Wildman–Crippen LogP) is 7.85. The fourth-order valence-corrected chi connectivity index (χ4v) is 4.46. The molecule has 1 aliphatic carbocycles. The minimum atomic E-state index is 0.771. The summed E-state index contributed by atoms with van der Waals surface area (Å²) in [6, 6.07) is 25.2. The summed E-state index contributed by atoms with van der Waals surface area (Å²) in [5.41, 5.74) is 9.37. The van der Waals surface area contributed by atoms with E-state index in [0.29, 0.717) is 0 Å². The molecule has 0 fully saturated rings. The summed E-state index contributed by atoms with van der Waals surface area (Å²) in [5.74, 6) is 0. The molecule has 0 bridgehead atoms. The molecule has 0 N–H and O–H groups in total. The standard InChI is InChI=1S/C26H17Cl/c1-3-17-21(22-14-15-25(27)23-11-7-6-10-20(22)23)12-13-24-19-9-5-4-8-18(19)16(2)26(17)24/h3-15H,1-2H2. The van der Waals surface area contributed by atoms with E-state index in [-0.39, 0.29) is 0 Å². The topological polar surface area (TPSA) is 0 Å². The van der Waals surface area contributed by atoms with Gasteiger partial charge in [0, 0.05) is 10.4 Å². The van der Waals surface area contributed by atoms with Crippen molar-refractivity contribution >= 4 is 34.0 Å². The maximum atomic E-state index is 6.43. The van der Waals surface area contributed by atoms with Gasteiger partial charge in [0.05, 0.1) is 0 Å². The van der Waals surface area contributed by atoms with Crippen molar-refractivity contribution in [3.8, 4) is 22.3 Å². The Kier molecular flexibility index (Phi) is 3.56. The smallest absolute Gasteiger partial charge is 0.0484 e. The maximum Gasteiger partial charge on any atom is 0.0484 e. The molecule has 5 rings (SSSR count). The number of hydrogen-bond donors (Lipinski definition) is 0. The van der Waals surface area contributed by atoms with Gasteiger partial charge in [0.25, 0.3) is 0 Å². The second kappa shape index (κ2) is 5.97. The van der Waals surface area contributed by atoms with E-state index in [1.807, 2.05) is 18.2 Å². The Labute approximate surface area is 164 Å². The highest BCUT2D eigenvalue weighted by Gasteiger charge is 2.25. The molecule has 0 nitrogen and oxygen atoms in total. The van der Waals surface area contributed by atoms with Gasteiger partial charge in [-0.1, -0.05) is 97.6 Å². The summed E-state index contributed by atoms with van der Waals surface area (Å²) in [6.45, 7) is 8.51. The van der Waals surface area contributed by atoms with E-state index in [1.165, 1.54) is 22.3 Å². The van der Waals surface area contributed by atoms with Gasteiger partial charge in [-0.05, 0) is 56.0 Å². The van der Waals surface area contributed by atoms with Crippen molar-refractivity contribution in [2.45, 2.75) is 0 Å². The Balaban J connectivity index is 1.84. The summed E-state index contributed by atoms with van der Waals surface area (Å²) in [4.78, 5) is 0. The summed E-state index contributed by atoms with van der Waals surface area (Å²) >= 11 is 6.43. The van der Waals surface area contributed by atoms with E-state index in [0.717, 1.165) is 38.1 Å². The fourth-order valence-electron chi connectivity index (χ4n) is 4.23. The van der Waals surface area contributed by atoms with Crippen LogP contribution in [-0.4, -0.2) is 0 Å². The lowest BCUT2D eigenvalue weighted by Crippen LogP contribution is -1.92. The molecule has 4 aromatic rings. The lowest BCUT2D eigenvalue weighted by atomic mass is 9.89. The number of fused-ring (bicyclic) bond motifs is 4. The van der Waals surface area contributed by atoms with Gasteiger partial charge in [0.15, 0.2) is 0 Å². The summed E-state index contributed by atoms with van der Waals surface area (Å²) < 4.78 is 0. The summed E-state index contributed by atoms with van der Waals surface area (Å²) in [5, 5.41) is 2.98. The van der Waals surface area contributed by atoms with Crippen molar-refractivity contribution in [3.63, 3.8) is 0 Å². The Hall–Kier alpha value is -3.09. The van der Waals surface area contributed by atoms with Crippen molar-refractivity contribution in [2.24, 2.45) is 0 Å². The average molecular weight is 365 g/mol. The first-order chi connectivity index (χ1) is 13.2. The third kappa shape index (κ3) is 2.24. The number of hydrogen-bond acceptors (Lipinski definition) is 0. The first kappa shape index (κ1) is 16.1. The molecule has 0 unspecified atom stereocenters. The maximum absolute atomic E-state index is 6.43. The highest BCUT2D eigenvalue weighted by Crippen LogP contribution is 2.48. The van der Waals surface area contributed by atoms with Crippen LogP contribution >= 0.6 is 11.6 Å². The molecule has 0 heterocycles. The molecular weight excluding hydrogens is 348 g/mol. The van der Waals surface area contributed by atoms with Crippen molar-refractivity contribution in [1.82, 2.24) is 0 Å². The fraction of sp³-hybridized carbons (Fsp3) is 0. The normalized spacial score (nSPS) is 12.1. The molecular formula is C26H17Cl. The van der Waals surface area contributed by atoms with Crippen molar-refractivity contribution in [3.05, 3.63) is 108 Å². The van der Waals surface area contributed by atoms with Gasteiger partial charge >= 0.3 is 0 Å². The molecule has 0 saturated carbocycles. The molecule has 27 heavy (non-hydrogen) atoms. The average Bonchev–Trinajstić information content (AvgIpc) is 3.01. The molecule has 4 aromatic carbocycles. The van der Waals surface area contributed by atoms with E-state index in [1.54, 1.807) is 0 Å². The lowest BCUT2D eigenvalue weighted by molar-refractivity contribution is 1.59. The van der Waals surface area contributed by atoms with Crippen LogP contribution in [0, 0.1) is 0 Å². The molecule has 1 aliphatic rings. The zero-order valence-electron chi connectivity index (χ0n) is 14.8. The van der Waals surface area contributed by atoms with Gasteiger partial charge in [0.1, 0.15) is 0 Å². The molecule has 128 valence electrons. The quantitative estimate of drug-likeness (QED) is 0.299. The highest BCUT2D eigenvalue weighted by atomic mass is 35.5. The van der Waals surface area contributed by atoms with Crippen LogP contribution in [-0.2, 0) is 0 Å². The SMILES string of the molecule is C=Cc1c(-c2ccc(Cl)c3ccccc23)ccc2c1C(=C)c1ccccc1-2. The number of rotatable bonds is 2. The third-order valence-electron chi connectivity index (χ3n) is 5.45. The molecule has 0 aromatic heterocycles. The van der Waals surface area contributed by atoms with E-state index < -0.39 is 0 Å². The lowest BCUT2D eigenvalue weighted by Gasteiger charge is -2.15. The molecule has 0 radical (unpaired) electrons. The highest BCUT2D eigenvalue weighted by molar-refractivity contribution is 6.36. The Morgan fingerprint density at radius 3 is 2.04 bits per heavy atom. The Morgan fingerprint density at radius 1 is 0.630 bits per heavy atom. The van der Waals surface area contributed by atoms with Gasteiger partial charge in [-0.3, -0.25) is 0 Å². The summed E-state index contributed by atoms with van der Waals surface area (Å²) in [6.07, 6.45) is 1.95. The molecule has 1 heteroatoms. The zero-order chi connectivity index (χ0) is 18.5. The van der Waals surface area contributed by atoms with E-state index in [2.05, 4.69) is 73.8 Å². The minimum absolute atomic E-state index is 0.771. The van der Waals surface area contributed by atoms with Crippen molar-refractivity contribution < 1.29 is 0 Å². The van der Waals surface area contributed by atoms with Gasteiger partial charge in [-0.15, -0.1) is 0 Å². The monoisotopic (exact) mass is 364 g/mol. The van der Waals surface area contributed by atoms with Crippen LogP contribution < -0.4 is 0 Å². The Morgan fingerprint density at radius 2 is 1.26 bits per heavy atom. The predicted molar refractivity (Wildman–Crippen MR) is 118 cm³/mol. The van der Waals surface area contributed by atoms with Crippen LogP contribution in [0.2, 0.25) is 5.02 Å². The molecule has 0 saturated heterocycles. The minimum Gasteiger partial charge on any atom is -0.0984 e.